The molecule has 5 heteroatoms. The molecule has 1 aliphatic heterocycles. The Kier molecular flexibility index (Phi) is 6.00. The zero-order valence-corrected chi connectivity index (χ0v) is 15.6. The van der Waals surface area contributed by atoms with Crippen LogP contribution in [0.2, 0.25) is 0 Å². The lowest BCUT2D eigenvalue weighted by molar-refractivity contribution is 0.242. The minimum absolute atomic E-state index is 0.169. The van der Waals surface area contributed by atoms with Gasteiger partial charge in [-0.2, -0.15) is 0 Å². The summed E-state index contributed by atoms with van der Waals surface area (Å²) >= 11 is 0. The van der Waals surface area contributed by atoms with E-state index in [-0.39, 0.29) is 6.10 Å². The smallest absolute Gasteiger partial charge is 0.193 e. The van der Waals surface area contributed by atoms with Gasteiger partial charge in [-0.25, -0.2) is 0 Å². The highest BCUT2D eigenvalue weighted by Crippen LogP contribution is 2.23. The third-order valence-corrected chi connectivity index (χ3v) is 4.43. The number of nitrogens with zero attached hydrogens (tertiary/aromatic N) is 2. The van der Waals surface area contributed by atoms with Crippen molar-refractivity contribution >= 4 is 17.3 Å². The lowest BCUT2D eigenvalue weighted by Crippen LogP contribution is -2.25. The van der Waals surface area contributed by atoms with Crippen LogP contribution in [0, 0.1) is 5.92 Å². The molecule has 0 bridgehead atoms. The van der Waals surface area contributed by atoms with Gasteiger partial charge >= 0.3 is 0 Å². The van der Waals surface area contributed by atoms with Gasteiger partial charge in [-0.3, -0.25) is 4.99 Å². The van der Waals surface area contributed by atoms with Gasteiger partial charge in [-0.1, -0.05) is 18.2 Å². The topological polar surface area (TPSA) is 62.9 Å². The summed E-state index contributed by atoms with van der Waals surface area (Å²) in [6, 6.07) is 18.3. The van der Waals surface area contributed by atoms with Gasteiger partial charge in [0.2, 0.25) is 0 Å². The van der Waals surface area contributed by atoms with E-state index >= 15 is 0 Å². The van der Waals surface area contributed by atoms with Crippen molar-refractivity contribution < 1.29 is 4.74 Å². The first kappa shape index (κ1) is 18.1. The lowest BCUT2D eigenvalue weighted by Gasteiger charge is -2.18. The van der Waals surface area contributed by atoms with Gasteiger partial charge in [0.1, 0.15) is 5.75 Å². The first-order chi connectivity index (χ1) is 12.6. The summed E-state index contributed by atoms with van der Waals surface area (Å²) in [6.07, 6.45) is 1.31. The van der Waals surface area contributed by atoms with Gasteiger partial charge in [0.25, 0.3) is 0 Å². The average Bonchev–Trinajstić information content (AvgIpc) is 3.11. The van der Waals surface area contributed by atoms with Crippen LogP contribution in [0.25, 0.3) is 0 Å². The second-order valence-corrected chi connectivity index (χ2v) is 6.98. The second kappa shape index (κ2) is 8.61. The molecule has 0 aromatic heterocycles. The fourth-order valence-corrected chi connectivity index (χ4v) is 3.16. The number of nitrogens with one attached hydrogen (secondary N) is 1. The molecule has 0 radical (unpaired) electrons. The standard InChI is InChI=1S/C21H28N4O/c1-16(2)26-20-10-8-18(9-11-20)24-21(22)23-14-17-12-13-25(15-17)19-6-4-3-5-7-19/h3-11,16-17H,12-15H2,1-2H3,(H3,22,23,24). The van der Waals surface area contributed by atoms with E-state index in [1.807, 2.05) is 38.1 Å². The van der Waals surface area contributed by atoms with Crippen molar-refractivity contribution in [3.8, 4) is 5.75 Å². The highest BCUT2D eigenvalue weighted by atomic mass is 16.5. The van der Waals surface area contributed by atoms with Gasteiger partial charge in [0, 0.05) is 31.0 Å². The van der Waals surface area contributed by atoms with Crippen molar-refractivity contribution in [3.63, 3.8) is 0 Å². The van der Waals surface area contributed by atoms with E-state index in [1.54, 1.807) is 0 Å². The molecule has 3 N–H and O–H groups in total. The van der Waals surface area contributed by atoms with Crippen molar-refractivity contribution in [3.05, 3.63) is 54.6 Å². The van der Waals surface area contributed by atoms with Crippen LogP contribution in [0.4, 0.5) is 11.4 Å². The van der Waals surface area contributed by atoms with E-state index in [1.165, 1.54) is 5.69 Å². The highest BCUT2D eigenvalue weighted by molar-refractivity contribution is 5.92. The number of anilines is 2. The van der Waals surface area contributed by atoms with Crippen LogP contribution in [0.5, 0.6) is 5.75 Å². The molecular formula is C21H28N4O. The average molecular weight is 352 g/mol. The number of guanidine groups is 1. The Labute approximate surface area is 155 Å². The number of rotatable bonds is 6. The Morgan fingerprint density at radius 2 is 1.92 bits per heavy atom. The molecule has 2 aromatic carbocycles. The molecule has 0 aliphatic carbocycles. The number of ether oxygens (including phenoxy) is 1. The summed E-state index contributed by atoms with van der Waals surface area (Å²) in [6.45, 7) is 6.88. The molecule has 138 valence electrons. The molecule has 1 saturated heterocycles. The number of benzene rings is 2. The van der Waals surface area contributed by atoms with E-state index in [0.717, 1.165) is 37.5 Å². The Morgan fingerprint density at radius 3 is 2.62 bits per heavy atom. The van der Waals surface area contributed by atoms with Crippen LogP contribution in [0.15, 0.2) is 59.6 Å². The van der Waals surface area contributed by atoms with Crippen LogP contribution in [0.1, 0.15) is 20.3 Å². The highest BCUT2D eigenvalue weighted by Gasteiger charge is 2.22. The van der Waals surface area contributed by atoms with E-state index in [2.05, 4.69) is 45.5 Å². The number of aliphatic imine (C=N–C) groups is 1. The van der Waals surface area contributed by atoms with Gasteiger partial charge in [-0.05, 0) is 62.6 Å². The predicted octanol–water partition coefficient (Wildman–Crippen LogP) is 3.73. The molecule has 2 aromatic rings. The van der Waals surface area contributed by atoms with E-state index in [9.17, 15) is 0 Å². The van der Waals surface area contributed by atoms with Crippen molar-refractivity contribution in [2.24, 2.45) is 16.6 Å². The Bertz CT molecular complexity index is 713. The summed E-state index contributed by atoms with van der Waals surface area (Å²) in [4.78, 5) is 6.94. The number of hydrogen-bond donors (Lipinski definition) is 2. The van der Waals surface area contributed by atoms with Gasteiger partial charge in [-0.15, -0.1) is 0 Å². The monoisotopic (exact) mass is 352 g/mol. The van der Waals surface area contributed by atoms with Crippen molar-refractivity contribution in [2.45, 2.75) is 26.4 Å². The minimum Gasteiger partial charge on any atom is -0.491 e. The van der Waals surface area contributed by atoms with Gasteiger partial charge < -0.3 is 20.7 Å². The van der Waals surface area contributed by atoms with E-state index < -0.39 is 0 Å². The molecule has 0 saturated carbocycles. The summed E-state index contributed by atoms with van der Waals surface area (Å²) in [5.74, 6) is 1.85. The van der Waals surface area contributed by atoms with Crippen molar-refractivity contribution in [1.29, 1.82) is 0 Å². The SMILES string of the molecule is CC(C)Oc1ccc(NC(N)=NCC2CCN(c3ccccc3)C2)cc1. The molecule has 1 fully saturated rings. The molecule has 1 heterocycles. The Morgan fingerprint density at radius 1 is 1.19 bits per heavy atom. The lowest BCUT2D eigenvalue weighted by atomic mass is 10.1. The molecule has 1 aliphatic rings. The largest absolute Gasteiger partial charge is 0.491 e. The van der Waals surface area contributed by atoms with Crippen LogP contribution in [0.3, 0.4) is 0 Å². The van der Waals surface area contributed by atoms with Crippen LogP contribution < -0.4 is 20.7 Å². The van der Waals surface area contributed by atoms with Crippen LogP contribution >= 0.6 is 0 Å². The molecule has 26 heavy (non-hydrogen) atoms. The maximum absolute atomic E-state index is 6.04. The molecule has 3 rings (SSSR count). The third kappa shape index (κ3) is 5.15. The Hall–Kier alpha value is -2.69. The quantitative estimate of drug-likeness (QED) is 0.614. The summed E-state index contributed by atoms with van der Waals surface area (Å²) in [5, 5.41) is 3.15. The molecule has 5 nitrogen and oxygen atoms in total. The fraction of sp³-hybridized carbons (Fsp3) is 0.381. The minimum atomic E-state index is 0.169. The summed E-state index contributed by atoms with van der Waals surface area (Å²) < 4.78 is 5.64. The molecule has 0 spiro atoms. The summed E-state index contributed by atoms with van der Waals surface area (Å²) in [5.41, 5.74) is 8.24. The third-order valence-electron chi connectivity index (χ3n) is 4.43. The van der Waals surface area contributed by atoms with Crippen LogP contribution in [-0.2, 0) is 0 Å². The second-order valence-electron chi connectivity index (χ2n) is 6.98. The number of nitrogens with two attached hydrogens (primary N) is 1. The fourth-order valence-electron chi connectivity index (χ4n) is 3.16. The molecule has 1 unspecified atom stereocenters. The number of hydrogen-bond acceptors (Lipinski definition) is 3. The van der Waals surface area contributed by atoms with Gasteiger partial charge in [0.15, 0.2) is 5.96 Å². The van der Waals surface area contributed by atoms with Crippen molar-refractivity contribution in [2.75, 3.05) is 29.9 Å². The zero-order chi connectivity index (χ0) is 18.4. The zero-order valence-electron chi connectivity index (χ0n) is 15.6. The normalized spacial score (nSPS) is 17.6. The number of para-hydroxylation sites is 1. The maximum atomic E-state index is 6.04. The first-order valence-electron chi connectivity index (χ1n) is 9.24. The van der Waals surface area contributed by atoms with Gasteiger partial charge in [0.05, 0.1) is 6.10 Å². The predicted molar refractivity (Wildman–Crippen MR) is 109 cm³/mol. The van der Waals surface area contributed by atoms with E-state index in [0.29, 0.717) is 11.9 Å². The maximum Gasteiger partial charge on any atom is 0.193 e. The molecule has 0 amide bonds. The first-order valence-corrected chi connectivity index (χ1v) is 9.24. The van der Waals surface area contributed by atoms with Crippen LogP contribution in [-0.4, -0.2) is 31.7 Å². The summed E-state index contributed by atoms with van der Waals surface area (Å²) in [7, 11) is 0. The van der Waals surface area contributed by atoms with E-state index in [4.69, 9.17) is 10.5 Å². The molecule has 1 atom stereocenters. The van der Waals surface area contributed by atoms with Crippen molar-refractivity contribution in [1.82, 2.24) is 0 Å². The molecular weight excluding hydrogens is 324 g/mol. The Balaban J connectivity index is 1.48.